The lowest BCUT2D eigenvalue weighted by Crippen LogP contribution is -2.42. The molecular weight excluding hydrogens is 393 g/mol. The number of nitrogens with zero attached hydrogens (tertiary/aromatic N) is 3. The number of halogens is 1. The second-order valence-corrected chi connectivity index (χ2v) is 8.98. The summed E-state index contributed by atoms with van der Waals surface area (Å²) in [5.41, 5.74) is 2.69. The highest BCUT2D eigenvalue weighted by atomic mass is 19.1. The van der Waals surface area contributed by atoms with Gasteiger partial charge in [-0.25, -0.2) is 4.39 Å². The van der Waals surface area contributed by atoms with Gasteiger partial charge in [0.1, 0.15) is 5.82 Å². The number of hydrogen-bond acceptors (Lipinski definition) is 5. The molecule has 5 nitrogen and oxygen atoms in total. The molecule has 2 aliphatic heterocycles. The van der Waals surface area contributed by atoms with Gasteiger partial charge in [-0.3, -0.25) is 19.6 Å². The molecule has 0 saturated carbocycles. The third-order valence-electron chi connectivity index (χ3n) is 6.67. The van der Waals surface area contributed by atoms with E-state index in [1.807, 2.05) is 38.1 Å². The zero-order valence-corrected chi connectivity index (χ0v) is 18.5. The largest absolute Gasteiger partial charge is 0.466 e. The summed E-state index contributed by atoms with van der Waals surface area (Å²) in [5.74, 6) is -0.0558. The van der Waals surface area contributed by atoms with Crippen molar-refractivity contribution in [2.75, 3.05) is 32.8 Å². The first kappa shape index (κ1) is 21.9. The molecule has 2 atom stereocenters. The second kappa shape index (κ2) is 9.45. The van der Waals surface area contributed by atoms with Crippen LogP contribution in [0.3, 0.4) is 0 Å². The van der Waals surface area contributed by atoms with E-state index in [0.29, 0.717) is 6.61 Å². The van der Waals surface area contributed by atoms with Crippen LogP contribution in [0.1, 0.15) is 36.7 Å². The summed E-state index contributed by atoms with van der Waals surface area (Å²) in [7, 11) is 0. The Bertz CT molecular complexity index is 904. The van der Waals surface area contributed by atoms with Crippen molar-refractivity contribution in [3.63, 3.8) is 0 Å². The summed E-state index contributed by atoms with van der Waals surface area (Å²) in [5, 5.41) is 0. The van der Waals surface area contributed by atoms with Crippen molar-refractivity contribution in [3.8, 4) is 0 Å². The number of carbonyl (C=O) groups excluding carboxylic acids is 1. The maximum Gasteiger partial charge on any atom is 0.313 e. The smallest absolute Gasteiger partial charge is 0.313 e. The van der Waals surface area contributed by atoms with Crippen LogP contribution in [0.25, 0.3) is 0 Å². The summed E-state index contributed by atoms with van der Waals surface area (Å²) in [4.78, 5) is 22.6. The Labute approximate surface area is 184 Å². The van der Waals surface area contributed by atoms with E-state index in [9.17, 15) is 9.18 Å². The third kappa shape index (κ3) is 4.96. The van der Waals surface area contributed by atoms with Crippen molar-refractivity contribution in [3.05, 3.63) is 65.2 Å². The predicted octanol–water partition coefficient (Wildman–Crippen LogP) is 3.81. The lowest BCUT2D eigenvalue weighted by atomic mass is 9.75. The number of rotatable bonds is 6. The first-order valence-corrected chi connectivity index (χ1v) is 11.3. The van der Waals surface area contributed by atoms with Crippen LogP contribution in [-0.4, -0.2) is 53.5 Å². The van der Waals surface area contributed by atoms with Gasteiger partial charge < -0.3 is 4.74 Å². The zero-order chi connectivity index (χ0) is 21.8. The Morgan fingerprint density at radius 1 is 1.16 bits per heavy atom. The fraction of sp³-hybridized carbons (Fsp3) is 0.520. The van der Waals surface area contributed by atoms with Crippen molar-refractivity contribution in [2.45, 2.75) is 39.8 Å². The van der Waals surface area contributed by atoms with Gasteiger partial charge >= 0.3 is 5.97 Å². The SMILES string of the molecule is CCOC(=O)[C@]12CCCN(Cc3ccc(F)cc3)C[C@H]1CN(Cc1cccc(C)n1)C2. The molecule has 31 heavy (non-hydrogen) atoms. The number of pyridine rings is 1. The van der Waals surface area contributed by atoms with Crippen molar-refractivity contribution in [2.24, 2.45) is 11.3 Å². The van der Waals surface area contributed by atoms with Gasteiger partial charge in [0.25, 0.3) is 0 Å². The average Bonchev–Trinajstić information content (AvgIpc) is 2.98. The Hall–Kier alpha value is -2.31. The summed E-state index contributed by atoms with van der Waals surface area (Å²) in [6, 6.07) is 12.8. The van der Waals surface area contributed by atoms with Crippen molar-refractivity contribution in [1.29, 1.82) is 0 Å². The van der Waals surface area contributed by atoms with Crippen molar-refractivity contribution < 1.29 is 13.9 Å². The van der Waals surface area contributed by atoms with Crippen LogP contribution in [-0.2, 0) is 22.6 Å². The molecule has 1 aromatic carbocycles. The minimum absolute atomic E-state index is 0.0525. The van der Waals surface area contributed by atoms with Gasteiger partial charge in [0.15, 0.2) is 0 Å². The van der Waals surface area contributed by atoms with Crippen molar-refractivity contribution >= 4 is 5.97 Å². The fourth-order valence-corrected chi connectivity index (χ4v) is 5.25. The van der Waals surface area contributed by atoms with E-state index in [-0.39, 0.29) is 17.7 Å². The van der Waals surface area contributed by atoms with E-state index < -0.39 is 5.41 Å². The highest BCUT2D eigenvalue weighted by Crippen LogP contribution is 2.44. The number of aryl methyl sites for hydroxylation is 1. The molecule has 166 valence electrons. The first-order valence-electron chi connectivity index (χ1n) is 11.3. The van der Waals surface area contributed by atoms with Crippen LogP contribution in [0.2, 0.25) is 0 Å². The molecule has 2 aromatic rings. The normalized spacial score (nSPS) is 24.5. The van der Waals surface area contributed by atoms with Crippen LogP contribution in [0.15, 0.2) is 42.5 Å². The van der Waals surface area contributed by atoms with E-state index in [4.69, 9.17) is 4.74 Å². The van der Waals surface area contributed by atoms with Gasteiger partial charge in [-0.05, 0) is 63.1 Å². The number of likely N-dealkylation sites (tertiary alicyclic amines) is 2. The van der Waals surface area contributed by atoms with Gasteiger partial charge in [-0.15, -0.1) is 0 Å². The summed E-state index contributed by atoms with van der Waals surface area (Å²) >= 11 is 0. The molecule has 3 heterocycles. The van der Waals surface area contributed by atoms with E-state index in [1.54, 1.807) is 0 Å². The van der Waals surface area contributed by atoms with Gasteiger partial charge in [0.05, 0.1) is 17.7 Å². The molecular formula is C25H32FN3O2. The van der Waals surface area contributed by atoms with Gasteiger partial charge in [-0.1, -0.05) is 18.2 Å². The molecule has 1 aromatic heterocycles. The molecule has 2 aliphatic rings. The minimum Gasteiger partial charge on any atom is -0.466 e. The number of aromatic nitrogens is 1. The van der Waals surface area contributed by atoms with E-state index in [1.165, 1.54) is 12.1 Å². The molecule has 0 amide bonds. The Balaban J connectivity index is 1.52. The third-order valence-corrected chi connectivity index (χ3v) is 6.67. The highest BCUT2D eigenvalue weighted by molar-refractivity contribution is 5.78. The minimum atomic E-state index is -0.461. The van der Waals surface area contributed by atoms with Crippen LogP contribution in [0, 0.1) is 24.1 Å². The van der Waals surface area contributed by atoms with Gasteiger partial charge in [-0.2, -0.15) is 0 Å². The van der Waals surface area contributed by atoms with E-state index in [2.05, 4.69) is 20.9 Å². The Morgan fingerprint density at radius 3 is 2.68 bits per heavy atom. The molecule has 0 spiro atoms. The lowest BCUT2D eigenvalue weighted by Gasteiger charge is -2.31. The van der Waals surface area contributed by atoms with Gasteiger partial charge in [0.2, 0.25) is 0 Å². The lowest BCUT2D eigenvalue weighted by molar-refractivity contribution is -0.157. The highest BCUT2D eigenvalue weighted by Gasteiger charge is 2.53. The number of ether oxygens (including phenoxy) is 1. The molecule has 0 aliphatic carbocycles. The number of benzene rings is 1. The topological polar surface area (TPSA) is 45.7 Å². The van der Waals surface area contributed by atoms with E-state index >= 15 is 0 Å². The number of hydrogen-bond donors (Lipinski definition) is 0. The molecule has 2 saturated heterocycles. The Morgan fingerprint density at radius 2 is 1.94 bits per heavy atom. The predicted molar refractivity (Wildman–Crippen MR) is 118 cm³/mol. The van der Waals surface area contributed by atoms with Crippen LogP contribution < -0.4 is 0 Å². The van der Waals surface area contributed by atoms with Crippen LogP contribution in [0.4, 0.5) is 4.39 Å². The standard InChI is InChI=1S/C25H32FN3O2/c1-3-31-24(30)25-12-5-13-28(14-20-8-10-22(26)11-9-20)15-21(25)16-29(18-25)17-23-7-4-6-19(2)27-23/h4,6-11,21H,3,5,12-18H2,1-2H3/t21-,25-/m0/s1. The van der Waals surface area contributed by atoms with E-state index in [0.717, 1.165) is 69.1 Å². The summed E-state index contributed by atoms with van der Waals surface area (Å²) < 4.78 is 18.9. The second-order valence-electron chi connectivity index (χ2n) is 8.98. The van der Waals surface area contributed by atoms with Gasteiger partial charge in [0, 0.05) is 44.3 Å². The van der Waals surface area contributed by atoms with Crippen molar-refractivity contribution in [1.82, 2.24) is 14.8 Å². The molecule has 0 unspecified atom stereocenters. The first-order chi connectivity index (χ1) is 15.0. The maximum absolute atomic E-state index is 13.3. The molecule has 4 rings (SSSR count). The van der Waals surface area contributed by atoms with Crippen LogP contribution in [0.5, 0.6) is 0 Å². The summed E-state index contributed by atoms with van der Waals surface area (Å²) in [6.45, 7) is 9.17. The molecule has 0 N–H and O–H groups in total. The maximum atomic E-state index is 13.3. The molecule has 6 heteroatoms. The number of carbonyl (C=O) groups is 1. The summed E-state index contributed by atoms with van der Waals surface area (Å²) in [6.07, 6.45) is 1.79. The zero-order valence-electron chi connectivity index (χ0n) is 18.5. The quantitative estimate of drug-likeness (QED) is 0.659. The Kier molecular flexibility index (Phi) is 6.68. The van der Waals surface area contributed by atoms with Crippen LogP contribution >= 0.6 is 0 Å². The number of fused-ring (bicyclic) bond motifs is 1. The number of esters is 1. The fourth-order valence-electron chi connectivity index (χ4n) is 5.25. The monoisotopic (exact) mass is 425 g/mol. The molecule has 2 fully saturated rings. The molecule has 0 radical (unpaired) electrons. The average molecular weight is 426 g/mol. The molecule has 0 bridgehead atoms.